The van der Waals surface area contributed by atoms with Crippen molar-refractivity contribution in [1.82, 2.24) is 0 Å². The van der Waals surface area contributed by atoms with Crippen molar-refractivity contribution < 1.29 is 0 Å². The molecule has 1 aliphatic heterocycles. The summed E-state index contributed by atoms with van der Waals surface area (Å²) in [5.41, 5.74) is 5.31. The Balaban J connectivity index is 1.82. The highest BCUT2D eigenvalue weighted by atomic mass is 32.1. The molecular weight excluding hydrogens is 308 g/mol. The van der Waals surface area contributed by atoms with E-state index in [2.05, 4.69) is 43.4 Å². The standard InChI is InChI=1S/C18H16N2S2/c1-12-3-7-14(8-4-12)19-16-11-17(21)20(18(16)22)15-9-5-13(2)6-10-15/h3-11,19H,1-2H3. The molecule has 0 radical (unpaired) electrons. The average Bonchev–Trinajstić information content (AvgIpc) is 2.77. The molecule has 22 heavy (non-hydrogen) atoms. The number of nitrogens with one attached hydrogen (secondary N) is 1. The molecule has 1 heterocycles. The molecule has 0 fully saturated rings. The molecule has 0 saturated carbocycles. The lowest BCUT2D eigenvalue weighted by Gasteiger charge is -2.20. The van der Waals surface area contributed by atoms with Gasteiger partial charge in [0.15, 0.2) is 0 Å². The fourth-order valence-electron chi connectivity index (χ4n) is 2.29. The van der Waals surface area contributed by atoms with Gasteiger partial charge in [0.2, 0.25) is 0 Å². The van der Waals surface area contributed by atoms with Crippen LogP contribution in [0, 0.1) is 13.8 Å². The minimum atomic E-state index is 0.703. The number of hydrogen-bond acceptors (Lipinski definition) is 3. The number of benzene rings is 2. The Morgan fingerprint density at radius 1 is 0.818 bits per heavy atom. The molecule has 0 aromatic heterocycles. The number of hydrogen-bond donors (Lipinski definition) is 1. The molecule has 110 valence electrons. The molecule has 3 rings (SSSR count). The lowest BCUT2D eigenvalue weighted by molar-refractivity contribution is 1.42. The normalized spacial score (nSPS) is 14.3. The van der Waals surface area contributed by atoms with Crippen molar-refractivity contribution in [2.24, 2.45) is 0 Å². The molecule has 1 aliphatic rings. The highest BCUT2D eigenvalue weighted by molar-refractivity contribution is 7.83. The van der Waals surface area contributed by atoms with E-state index in [9.17, 15) is 0 Å². The summed E-state index contributed by atoms with van der Waals surface area (Å²) in [6, 6.07) is 16.4. The van der Waals surface area contributed by atoms with E-state index in [4.69, 9.17) is 24.4 Å². The second-order valence-corrected chi connectivity index (χ2v) is 6.17. The van der Waals surface area contributed by atoms with E-state index in [0.29, 0.717) is 9.98 Å². The number of nitrogens with zero attached hydrogens (tertiary/aromatic N) is 1. The first kappa shape index (κ1) is 14.9. The minimum Gasteiger partial charge on any atom is -0.353 e. The van der Waals surface area contributed by atoms with Crippen molar-refractivity contribution in [3.05, 3.63) is 71.4 Å². The second-order valence-electron chi connectivity index (χ2n) is 5.36. The molecule has 2 aromatic carbocycles. The van der Waals surface area contributed by atoms with Crippen LogP contribution in [0.2, 0.25) is 0 Å². The van der Waals surface area contributed by atoms with Crippen molar-refractivity contribution in [3.8, 4) is 0 Å². The number of rotatable bonds is 3. The monoisotopic (exact) mass is 324 g/mol. The highest BCUT2D eigenvalue weighted by Crippen LogP contribution is 2.26. The van der Waals surface area contributed by atoms with Gasteiger partial charge in [-0.05, 0) is 44.2 Å². The van der Waals surface area contributed by atoms with Crippen molar-refractivity contribution in [3.63, 3.8) is 0 Å². The largest absolute Gasteiger partial charge is 0.353 e. The maximum absolute atomic E-state index is 5.59. The lowest BCUT2D eigenvalue weighted by atomic mass is 10.2. The lowest BCUT2D eigenvalue weighted by Crippen LogP contribution is -2.29. The zero-order chi connectivity index (χ0) is 15.7. The topological polar surface area (TPSA) is 15.3 Å². The predicted molar refractivity (Wildman–Crippen MR) is 102 cm³/mol. The van der Waals surface area contributed by atoms with Crippen LogP contribution in [-0.2, 0) is 0 Å². The van der Waals surface area contributed by atoms with Gasteiger partial charge in [-0.2, -0.15) is 0 Å². The summed E-state index contributed by atoms with van der Waals surface area (Å²) >= 11 is 11.1. The van der Waals surface area contributed by atoms with E-state index in [1.165, 1.54) is 11.1 Å². The summed E-state index contributed by atoms with van der Waals surface area (Å²) in [6.07, 6.45) is 1.91. The first-order chi connectivity index (χ1) is 10.5. The van der Waals surface area contributed by atoms with E-state index in [1.807, 2.05) is 35.2 Å². The van der Waals surface area contributed by atoms with E-state index >= 15 is 0 Å². The van der Waals surface area contributed by atoms with Crippen molar-refractivity contribution >= 4 is 45.8 Å². The summed E-state index contributed by atoms with van der Waals surface area (Å²) in [6.45, 7) is 4.13. The third-order valence-electron chi connectivity index (χ3n) is 3.54. The molecule has 2 aromatic rings. The number of anilines is 2. The zero-order valence-corrected chi connectivity index (χ0v) is 14.1. The van der Waals surface area contributed by atoms with Gasteiger partial charge in [0.1, 0.15) is 9.98 Å². The molecule has 1 N–H and O–H groups in total. The highest BCUT2D eigenvalue weighted by Gasteiger charge is 2.26. The predicted octanol–water partition coefficient (Wildman–Crippen LogP) is 4.77. The summed E-state index contributed by atoms with van der Waals surface area (Å²) in [4.78, 5) is 3.33. The summed E-state index contributed by atoms with van der Waals surface area (Å²) < 4.78 is 0. The molecule has 0 spiro atoms. The van der Waals surface area contributed by atoms with Crippen molar-refractivity contribution in [1.29, 1.82) is 0 Å². The van der Waals surface area contributed by atoms with Gasteiger partial charge in [-0.15, -0.1) is 0 Å². The third-order valence-corrected chi connectivity index (χ3v) is 4.25. The van der Waals surface area contributed by atoms with Crippen LogP contribution in [0.4, 0.5) is 11.4 Å². The van der Waals surface area contributed by atoms with Crippen molar-refractivity contribution in [2.45, 2.75) is 13.8 Å². The molecule has 0 unspecified atom stereocenters. The molecule has 2 nitrogen and oxygen atoms in total. The first-order valence-electron chi connectivity index (χ1n) is 7.05. The third kappa shape index (κ3) is 2.93. The van der Waals surface area contributed by atoms with E-state index in [1.54, 1.807) is 0 Å². The van der Waals surface area contributed by atoms with Crippen LogP contribution >= 0.6 is 24.4 Å². The van der Waals surface area contributed by atoms with Gasteiger partial charge < -0.3 is 5.32 Å². The van der Waals surface area contributed by atoms with Gasteiger partial charge in [0.05, 0.1) is 5.70 Å². The van der Waals surface area contributed by atoms with Crippen LogP contribution in [0.1, 0.15) is 11.1 Å². The Bertz CT molecular complexity index is 759. The van der Waals surface area contributed by atoms with Crippen molar-refractivity contribution in [2.75, 3.05) is 10.2 Å². The Kier molecular flexibility index (Phi) is 4.05. The first-order valence-corrected chi connectivity index (χ1v) is 7.87. The van der Waals surface area contributed by atoms with Gasteiger partial charge in [0, 0.05) is 11.4 Å². The summed E-state index contributed by atoms with van der Waals surface area (Å²) in [7, 11) is 0. The van der Waals surface area contributed by atoms with Crippen LogP contribution in [0.25, 0.3) is 0 Å². The van der Waals surface area contributed by atoms with Gasteiger partial charge in [-0.25, -0.2) is 0 Å². The number of aryl methyl sites for hydroxylation is 2. The van der Waals surface area contributed by atoms with Gasteiger partial charge in [-0.3, -0.25) is 4.90 Å². The average molecular weight is 324 g/mol. The Morgan fingerprint density at radius 2 is 1.36 bits per heavy atom. The molecule has 0 aliphatic carbocycles. The molecule has 0 amide bonds. The maximum atomic E-state index is 5.59. The van der Waals surface area contributed by atoms with E-state index in [0.717, 1.165) is 17.1 Å². The fraction of sp³-hybridized carbons (Fsp3) is 0.111. The van der Waals surface area contributed by atoms with Gasteiger partial charge >= 0.3 is 0 Å². The number of thiocarbonyl (C=S) groups is 2. The maximum Gasteiger partial charge on any atom is 0.135 e. The molecule has 0 saturated heterocycles. The summed E-state index contributed by atoms with van der Waals surface area (Å²) in [5, 5.41) is 3.35. The Morgan fingerprint density at radius 3 is 1.95 bits per heavy atom. The van der Waals surface area contributed by atoms with Gasteiger partial charge in [0.25, 0.3) is 0 Å². The second kappa shape index (κ2) is 5.99. The van der Waals surface area contributed by atoms with Crippen LogP contribution < -0.4 is 10.2 Å². The quantitative estimate of drug-likeness (QED) is 0.817. The molecule has 4 heteroatoms. The van der Waals surface area contributed by atoms with Gasteiger partial charge in [-0.1, -0.05) is 59.8 Å². The summed E-state index contributed by atoms with van der Waals surface area (Å²) in [5.74, 6) is 0. The fourth-order valence-corrected chi connectivity index (χ4v) is 2.98. The molecular formula is C18H16N2S2. The van der Waals surface area contributed by atoms with Crippen LogP contribution in [0.5, 0.6) is 0 Å². The van der Waals surface area contributed by atoms with E-state index < -0.39 is 0 Å². The zero-order valence-electron chi connectivity index (χ0n) is 12.5. The van der Waals surface area contributed by atoms with Crippen LogP contribution in [0.3, 0.4) is 0 Å². The Hall–Kier alpha value is -2.04. The SMILES string of the molecule is Cc1ccc(NC2=CC(=S)N(c3ccc(C)cc3)C2=S)cc1. The van der Waals surface area contributed by atoms with Crippen LogP contribution in [0.15, 0.2) is 60.3 Å². The van der Waals surface area contributed by atoms with Crippen LogP contribution in [-0.4, -0.2) is 9.98 Å². The smallest absolute Gasteiger partial charge is 0.135 e. The molecule has 0 atom stereocenters. The Labute approximate surface area is 141 Å². The minimum absolute atomic E-state index is 0.703. The van der Waals surface area contributed by atoms with E-state index in [-0.39, 0.29) is 0 Å². The molecule has 0 bridgehead atoms.